The molecule has 1 fully saturated rings. The van der Waals surface area contributed by atoms with E-state index >= 15 is 0 Å². The Morgan fingerprint density at radius 2 is 1.92 bits per heavy atom. The zero-order valence-electron chi connectivity index (χ0n) is 13.9. The van der Waals surface area contributed by atoms with E-state index in [0.29, 0.717) is 5.82 Å². The molecule has 4 rings (SSSR count). The van der Waals surface area contributed by atoms with Crippen LogP contribution in [0.15, 0.2) is 36.7 Å². The van der Waals surface area contributed by atoms with Gasteiger partial charge in [0.2, 0.25) is 5.91 Å². The highest BCUT2D eigenvalue weighted by molar-refractivity contribution is 6.05. The van der Waals surface area contributed by atoms with Gasteiger partial charge < -0.3 is 10.3 Å². The number of H-pyrrole nitrogens is 1. The average Bonchev–Trinajstić information content (AvgIpc) is 2.83. The zero-order valence-corrected chi connectivity index (χ0v) is 13.9. The monoisotopic (exact) mass is 320 g/mol. The lowest BCUT2D eigenvalue weighted by Gasteiger charge is -2.40. The Balaban J connectivity index is 1.72. The summed E-state index contributed by atoms with van der Waals surface area (Å²) in [6.07, 6.45) is 4.32. The first kappa shape index (κ1) is 14.9. The van der Waals surface area contributed by atoms with Crippen molar-refractivity contribution >= 4 is 22.8 Å². The second kappa shape index (κ2) is 5.44. The van der Waals surface area contributed by atoms with Gasteiger partial charge in [0.1, 0.15) is 17.8 Å². The van der Waals surface area contributed by atoms with E-state index in [1.54, 1.807) is 0 Å². The number of anilines is 1. The third-order valence-corrected chi connectivity index (χ3v) is 5.29. The molecule has 0 atom stereocenters. The molecule has 1 aromatic carbocycles. The van der Waals surface area contributed by atoms with E-state index in [-0.39, 0.29) is 5.91 Å². The van der Waals surface area contributed by atoms with Crippen LogP contribution in [0.5, 0.6) is 0 Å². The van der Waals surface area contributed by atoms with Crippen molar-refractivity contribution in [1.82, 2.24) is 15.0 Å². The molecular weight excluding hydrogens is 300 g/mol. The molecule has 24 heavy (non-hydrogen) atoms. The Morgan fingerprint density at radius 3 is 2.58 bits per heavy atom. The number of nitrogens with one attached hydrogen (secondary N) is 2. The van der Waals surface area contributed by atoms with Crippen LogP contribution in [0.1, 0.15) is 36.1 Å². The number of fused-ring (bicyclic) bond motifs is 1. The molecule has 0 unspecified atom stereocenters. The SMILES string of the molecule is Cc1[nH]c2ncnc(NC(=O)C3(c4ccccc4)CCC3)c2c1C. The normalized spacial score (nSPS) is 15.9. The molecule has 2 heterocycles. The average molecular weight is 320 g/mol. The molecule has 5 heteroatoms. The van der Waals surface area contributed by atoms with Gasteiger partial charge in [0.05, 0.1) is 10.8 Å². The number of carbonyl (C=O) groups is 1. The number of carbonyl (C=O) groups excluding carboxylic acids is 1. The van der Waals surface area contributed by atoms with Crippen LogP contribution in [0.4, 0.5) is 5.82 Å². The summed E-state index contributed by atoms with van der Waals surface area (Å²) >= 11 is 0. The summed E-state index contributed by atoms with van der Waals surface area (Å²) in [7, 11) is 0. The minimum absolute atomic E-state index is 0.0261. The number of rotatable bonds is 3. The van der Waals surface area contributed by atoms with Gasteiger partial charge in [0.15, 0.2) is 0 Å². The van der Waals surface area contributed by atoms with Crippen molar-refractivity contribution in [3.05, 3.63) is 53.5 Å². The van der Waals surface area contributed by atoms with E-state index in [2.05, 4.69) is 20.3 Å². The quantitative estimate of drug-likeness (QED) is 0.774. The van der Waals surface area contributed by atoms with Crippen LogP contribution in [0, 0.1) is 13.8 Å². The van der Waals surface area contributed by atoms with E-state index in [4.69, 9.17) is 0 Å². The highest BCUT2D eigenvalue weighted by Crippen LogP contribution is 2.44. The maximum Gasteiger partial charge on any atom is 0.236 e. The number of aromatic amines is 1. The number of hydrogen-bond acceptors (Lipinski definition) is 3. The number of benzene rings is 1. The number of aromatic nitrogens is 3. The van der Waals surface area contributed by atoms with Gasteiger partial charge in [-0.25, -0.2) is 9.97 Å². The highest BCUT2D eigenvalue weighted by Gasteiger charge is 2.45. The molecule has 0 spiro atoms. The topological polar surface area (TPSA) is 70.7 Å². The molecule has 0 bridgehead atoms. The minimum atomic E-state index is -0.433. The summed E-state index contributed by atoms with van der Waals surface area (Å²) in [5.41, 5.74) is 3.53. The van der Waals surface area contributed by atoms with Gasteiger partial charge in [-0.05, 0) is 37.8 Å². The van der Waals surface area contributed by atoms with E-state index in [1.165, 1.54) is 6.33 Å². The summed E-state index contributed by atoms with van der Waals surface area (Å²) in [6.45, 7) is 4.02. The maximum absolute atomic E-state index is 13.1. The van der Waals surface area contributed by atoms with E-state index in [9.17, 15) is 4.79 Å². The number of nitrogens with zero attached hydrogens (tertiary/aromatic N) is 2. The lowest BCUT2D eigenvalue weighted by atomic mass is 9.64. The molecule has 1 saturated carbocycles. The Kier molecular flexibility index (Phi) is 3.37. The summed E-state index contributed by atoms with van der Waals surface area (Å²) in [5, 5.41) is 3.96. The summed E-state index contributed by atoms with van der Waals surface area (Å²) < 4.78 is 0. The van der Waals surface area contributed by atoms with E-state index in [0.717, 1.165) is 47.1 Å². The third kappa shape index (κ3) is 2.12. The molecule has 3 aromatic rings. The molecule has 0 radical (unpaired) electrons. The number of hydrogen-bond donors (Lipinski definition) is 2. The van der Waals surface area contributed by atoms with Crippen molar-refractivity contribution in [2.24, 2.45) is 0 Å². The van der Waals surface area contributed by atoms with Gasteiger partial charge >= 0.3 is 0 Å². The van der Waals surface area contributed by atoms with Gasteiger partial charge in [-0.2, -0.15) is 0 Å². The Hall–Kier alpha value is -2.69. The molecule has 2 aromatic heterocycles. The lowest BCUT2D eigenvalue weighted by Crippen LogP contribution is -2.46. The zero-order chi connectivity index (χ0) is 16.7. The van der Waals surface area contributed by atoms with Crippen molar-refractivity contribution in [3.8, 4) is 0 Å². The summed E-state index contributed by atoms with van der Waals surface area (Å²) in [6, 6.07) is 10.0. The van der Waals surface area contributed by atoms with Crippen molar-refractivity contribution < 1.29 is 4.79 Å². The van der Waals surface area contributed by atoms with Crippen molar-refractivity contribution in [3.63, 3.8) is 0 Å². The van der Waals surface area contributed by atoms with Gasteiger partial charge in [-0.3, -0.25) is 4.79 Å². The second-order valence-electron chi connectivity index (χ2n) is 6.58. The first-order valence-electron chi connectivity index (χ1n) is 8.29. The fraction of sp³-hybridized carbons (Fsp3) is 0.316. The largest absolute Gasteiger partial charge is 0.343 e. The number of amides is 1. The van der Waals surface area contributed by atoms with E-state index < -0.39 is 5.41 Å². The third-order valence-electron chi connectivity index (χ3n) is 5.29. The molecule has 5 nitrogen and oxygen atoms in total. The fourth-order valence-electron chi connectivity index (χ4n) is 3.55. The summed E-state index contributed by atoms with van der Waals surface area (Å²) in [4.78, 5) is 24.9. The second-order valence-corrected chi connectivity index (χ2v) is 6.58. The van der Waals surface area contributed by atoms with Gasteiger partial charge in [0, 0.05) is 5.69 Å². The molecule has 1 amide bonds. The fourth-order valence-corrected chi connectivity index (χ4v) is 3.55. The van der Waals surface area contributed by atoms with Crippen LogP contribution < -0.4 is 5.32 Å². The van der Waals surface area contributed by atoms with Gasteiger partial charge in [-0.1, -0.05) is 36.8 Å². The van der Waals surface area contributed by atoms with Crippen molar-refractivity contribution in [2.45, 2.75) is 38.5 Å². The molecule has 1 aliphatic carbocycles. The van der Waals surface area contributed by atoms with Crippen LogP contribution in [0.25, 0.3) is 11.0 Å². The summed E-state index contributed by atoms with van der Waals surface area (Å²) in [5.74, 6) is 0.618. The van der Waals surface area contributed by atoms with Crippen LogP contribution in [0.3, 0.4) is 0 Å². The molecule has 0 aliphatic heterocycles. The Morgan fingerprint density at radius 1 is 1.17 bits per heavy atom. The van der Waals surface area contributed by atoms with Crippen LogP contribution >= 0.6 is 0 Å². The van der Waals surface area contributed by atoms with Crippen LogP contribution in [0.2, 0.25) is 0 Å². The molecule has 122 valence electrons. The lowest BCUT2D eigenvalue weighted by molar-refractivity contribution is -0.124. The van der Waals surface area contributed by atoms with Gasteiger partial charge in [-0.15, -0.1) is 0 Å². The molecule has 0 saturated heterocycles. The predicted molar refractivity (Wildman–Crippen MR) is 94.0 cm³/mol. The van der Waals surface area contributed by atoms with Crippen LogP contribution in [-0.2, 0) is 10.2 Å². The predicted octanol–water partition coefficient (Wildman–Crippen LogP) is 3.64. The Labute approximate surface area is 140 Å². The molecular formula is C19H20N4O. The minimum Gasteiger partial charge on any atom is -0.343 e. The highest BCUT2D eigenvalue weighted by atomic mass is 16.2. The van der Waals surface area contributed by atoms with Crippen molar-refractivity contribution in [2.75, 3.05) is 5.32 Å². The van der Waals surface area contributed by atoms with Crippen LogP contribution in [-0.4, -0.2) is 20.9 Å². The molecule has 1 aliphatic rings. The first-order valence-corrected chi connectivity index (χ1v) is 8.29. The standard InChI is InChI=1S/C19H20N4O/c1-12-13(2)22-16-15(12)17(21-11-20-16)23-18(24)19(9-6-10-19)14-7-4-3-5-8-14/h3-5,7-8,11H,6,9-10H2,1-2H3,(H2,20,21,22,23,24). The Bertz CT molecular complexity index is 910. The number of aryl methyl sites for hydroxylation is 2. The van der Waals surface area contributed by atoms with Crippen molar-refractivity contribution in [1.29, 1.82) is 0 Å². The van der Waals surface area contributed by atoms with E-state index in [1.807, 2.05) is 44.2 Å². The van der Waals surface area contributed by atoms with Gasteiger partial charge in [0.25, 0.3) is 0 Å². The first-order chi connectivity index (χ1) is 11.6. The maximum atomic E-state index is 13.1. The smallest absolute Gasteiger partial charge is 0.236 e. The molecule has 2 N–H and O–H groups in total.